The zero-order valence-corrected chi connectivity index (χ0v) is 12.6. The number of thiophene rings is 1. The Labute approximate surface area is 129 Å². The summed E-state index contributed by atoms with van der Waals surface area (Å²) in [4.78, 5) is 14.9. The van der Waals surface area contributed by atoms with E-state index in [1.165, 1.54) is 24.3 Å². The van der Waals surface area contributed by atoms with Gasteiger partial charge in [0, 0.05) is 0 Å². The van der Waals surface area contributed by atoms with Crippen molar-refractivity contribution in [3.05, 3.63) is 59.5 Å². The van der Waals surface area contributed by atoms with Crippen LogP contribution in [0.4, 0.5) is 4.39 Å². The van der Waals surface area contributed by atoms with Gasteiger partial charge in [0.25, 0.3) is 10.0 Å². The van der Waals surface area contributed by atoms with E-state index < -0.39 is 15.8 Å². The quantitative estimate of drug-likeness (QED) is 0.687. The fourth-order valence-electron chi connectivity index (χ4n) is 1.95. The fourth-order valence-corrected chi connectivity index (χ4v) is 4.35. The van der Waals surface area contributed by atoms with Crippen LogP contribution in [0.3, 0.4) is 0 Å². The minimum absolute atomic E-state index is 0.00994. The first-order chi connectivity index (χ1) is 10.5. The number of carbonyl (C=O) groups is 1. The molecular weight excluding hydrogens is 327 g/mol. The molecule has 0 aliphatic heterocycles. The molecule has 0 unspecified atom stereocenters. The zero-order chi connectivity index (χ0) is 15.7. The minimum Gasteiger partial charge on any atom is -0.296 e. The molecule has 3 aromatic rings. The molecule has 1 aromatic carbocycles. The number of imidazole rings is 1. The van der Waals surface area contributed by atoms with Gasteiger partial charge in [0.15, 0.2) is 12.1 Å². The number of halogens is 1. The largest absolute Gasteiger partial charge is 0.296 e. The number of rotatable bonds is 4. The smallest absolute Gasteiger partial charge is 0.278 e. The van der Waals surface area contributed by atoms with Crippen molar-refractivity contribution < 1.29 is 17.6 Å². The summed E-state index contributed by atoms with van der Waals surface area (Å²) in [7, 11) is -3.93. The van der Waals surface area contributed by atoms with Gasteiger partial charge in [-0.3, -0.25) is 4.79 Å². The normalized spacial score (nSPS) is 11.5. The van der Waals surface area contributed by atoms with Gasteiger partial charge in [0.1, 0.15) is 15.7 Å². The molecular formula is C14H9FN2O3S2. The third-order valence-corrected chi connectivity index (χ3v) is 5.96. The van der Waals surface area contributed by atoms with E-state index in [0.29, 0.717) is 6.29 Å². The van der Waals surface area contributed by atoms with E-state index >= 15 is 0 Å². The number of aromatic nitrogens is 2. The molecule has 5 nitrogen and oxygen atoms in total. The highest BCUT2D eigenvalue weighted by atomic mass is 32.2. The summed E-state index contributed by atoms with van der Waals surface area (Å²) in [5.74, 6) is -0.748. The first-order valence-corrected chi connectivity index (χ1v) is 8.44. The highest BCUT2D eigenvalue weighted by Gasteiger charge is 2.25. The van der Waals surface area contributed by atoms with Gasteiger partial charge in [-0.1, -0.05) is 18.2 Å². The van der Waals surface area contributed by atoms with Gasteiger partial charge in [-0.2, -0.15) is 8.42 Å². The Morgan fingerprint density at radius 1 is 1.18 bits per heavy atom. The van der Waals surface area contributed by atoms with Crippen molar-refractivity contribution >= 4 is 27.6 Å². The molecule has 0 saturated carbocycles. The Bertz CT molecular complexity index is 931. The lowest BCUT2D eigenvalue weighted by Crippen LogP contribution is -2.12. The SMILES string of the molecule is O=Cc1cn(S(=O)(=O)c2cccs2)c(-c2ccccc2F)n1. The molecule has 8 heteroatoms. The van der Waals surface area contributed by atoms with E-state index in [-0.39, 0.29) is 21.3 Å². The fraction of sp³-hybridized carbons (Fsp3) is 0. The summed E-state index contributed by atoms with van der Waals surface area (Å²) in [5, 5.41) is 1.62. The summed E-state index contributed by atoms with van der Waals surface area (Å²) in [6.45, 7) is 0. The maximum atomic E-state index is 14.0. The lowest BCUT2D eigenvalue weighted by atomic mass is 10.2. The van der Waals surface area contributed by atoms with Gasteiger partial charge in [-0.25, -0.2) is 13.3 Å². The van der Waals surface area contributed by atoms with Crippen molar-refractivity contribution in [1.29, 1.82) is 0 Å². The van der Waals surface area contributed by atoms with Crippen LogP contribution in [0, 0.1) is 5.82 Å². The number of hydrogen-bond acceptors (Lipinski definition) is 5. The monoisotopic (exact) mass is 336 g/mol. The molecule has 0 radical (unpaired) electrons. The van der Waals surface area contributed by atoms with Crippen molar-refractivity contribution in [2.75, 3.05) is 0 Å². The van der Waals surface area contributed by atoms with Crippen LogP contribution in [0.5, 0.6) is 0 Å². The predicted octanol–water partition coefficient (Wildman–Crippen LogP) is 2.80. The van der Waals surface area contributed by atoms with Crippen LogP contribution in [0.25, 0.3) is 11.4 Å². The minimum atomic E-state index is -3.93. The van der Waals surface area contributed by atoms with Crippen molar-refractivity contribution in [1.82, 2.24) is 8.96 Å². The number of aldehydes is 1. The van der Waals surface area contributed by atoms with Crippen molar-refractivity contribution in [2.45, 2.75) is 4.21 Å². The number of carbonyl (C=O) groups excluding carboxylic acids is 1. The summed E-state index contributed by atoms with van der Waals surface area (Å²) < 4.78 is 40.1. The Kier molecular flexibility index (Phi) is 3.63. The zero-order valence-electron chi connectivity index (χ0n) is 11.0. The third kappa shape index (κ3) is 2.36. The molecule has 2 aromatic heterocycles. The lowest BCUT2D eigenvalue weighted by Gasteiger charge is -2.08. The maximum Gasteiger partial charge on any atom is 0.278 e. The summed E-state index contributed by atoms with van der Waals surface area (Å²) >= 11 is 1.03. The van der Waals surface area contributed by atoms with E-state index in [4.69, 9.17) is 0 Å². The molecule has 0 atom stereocenters. The highest BCUT2D eigenvalue weighted by molar-refractivity contribution is 7.92. The van der Waals surface area contributed by atoms with Gasteiger partial charge in [0.05, 0.1) is 11.8 Å². The van der Waals surface area contributed by atoms with Crippen LogP contribution < -0.4 is 0 Å². The average Bonchev–Trinajstić information content (AvgIpc) is 3.18. The predicted molar refractivity (Wildman–Crippen MR) is 79.9 cm³/mol. The van der Waals surface area contributed by atoms with Crippen molar-refractivity contribution in [3.8, 4) is 11.4 Å². The van der Waals surface area contributed by atoms with E-state index in [1.807, 2.05) is 0 Å². The lowest BCUT2D eigenvalue weighted by molar-refractivity contribution is 0.111. The third-order valence-electron chi connectivity index (χ3n) is 2.94. The molecule has 0 aliphatic carbocycles. The van der Waals surface area contributed by atoms with Crippen LogP contribution in [0.15, 0.2) is 52.2 Å². The molecule has 0 bridgehead atoms. The molecule has 3 rings (SSSR count). The first kappa shape index (κ1) is 14.6. The molecule has 2 heterocycles. The Hall–Kier alpha value is -2.32. The highest BCUT2D eigenvalue weighted by Crippen LogP contribution is 2.27. The van der Waals surface area contributed by atoms with Gasteiger partial charge >= 0.3 is 0 Å². The Morgan fingerprint density at radius 3 is 2.59 bits per heavy atom. The molecule has 0 amide bonds. The van der Waals surface area contributed by atoms with Crippen molar-refractivity contribution in [3.63, 3.8) is 0 Å². The molecule has 0 aliphatic rings. The van der Waals surface area contributed by atoms with E-state index in [9.17, 15) is 17.6 Å². The molecule has 0 fully saturated rings. The van der Waals surface area contributed by atoms with Gasteiger partial charge in [-0.05, 0) is 23.6 Å². The number of benzene rings is 1. The van der Waals surface area contributed by atoms with Gasteiger partial charge < -0.3 is 0 Å². The topological polar surface area (TPSA) is 69.0 Å². The number of nitrogens with zero attached hydrogens (tertiary/aromatic N) is 2. The molecule has 22 heavy (non-hydrogen) atoms. The summed E-state index contributed by atoms with van der Waals surface area (Å²) in [5.41, 5.74) is -0.0749. The van der Waals surface area contributed by atoms with Crippen LogP contribution in [0.2, 0.25) is 0 Å². The van der Waals surface area contributed by atoms with Crippen molar-refractivity contribution in [2.24, 2.45) is 0 Å². The maximum absolute atomic E-state index is 14.0. The molecule has 0 saturated heterocycles. The Morgan fingerprint density at radius 2 is 1.95 bits per heavy atom. The molecule has 0 spiro atoms. The second kappa shape index (κ2) is 5.47. The summed E-state index contributed by atoms with van der Waals surface area (Å²) in [6, 6.07) is 8.69. The van der Waals surface area contributed by atoms with Gasteiger partial charge in [-0.15, -0.1) is 11.3 Å². The molecule has 112 valence electrons. The standard InChI is InChI=1S/C14H9FN2O3S2/c15-12-5-2-1-4-11(12)14-16-10(9-18)8-17(14)22(19,20)13-6-3-7-21-13/h1-9H. The average molecular weight is 336 g/mol. The summed E-state index contributed by atoms with van der Waals surface area (Å²) in [6.07, 6.45) is 1.51. The second-order valence-electron chi connectivity index (χ2n) is 4.32. The Balaban J connectivity index is 2.28. The van der Waals surface area contributed by atoms with Crippen LogP contribution >= 0.6 is 11.3 Å². The first-order valence-electron chi connectivity index (χ1n) is 6.12. The van der Waals surface area contributed by atoms with Crippen LogP contribution in [-0.2, 0) is 10.0 Å². The second-order valence-corrected chi connectivity index (χ2v) is 7.31. The van der Waals surface area contributed by atoms with Gasteiger partial charge in [0.2, 0.25) is 0 Å². The van der Waals surface area contributed by atoms with Crippen LogP contribution in [0.1, 0.15) is 10.5 Å². The van der Waals surface area contributed by atoms with E-state index in [0.717, 1.165) is 21.5 Å². The van der Waals surface area contributed by atoms with E-state index in [1.54, 1.807) is 17.5 Å². The molecule has 0 N–H and O–H groups in total. The number of hydrogen-bond donors (Lipinski definition) is 0. The van der Waals surface area contributed by atoms with E-state index in [2.05, 4.69) is 4.98 Å². The van der Waals surface area contributed by atoms with Crippen LogP contribution in [-0.4, -0.2) is 23.7 Å².